The van der Waals surface area contributed by atoms with Crippen molar-refractivity contribution in [2.75, 3.05) is 18.9 Å². The Balaban J connectivity index is 1.37. The van der Waals surface area contributed by atoms with Crippen LogP contribution in [-0.2, 0) is 20.9 Å². The number of carbonyl (C=O) groups is 4. The van der Waals surface area contributed by atoms with E-state index in [4.69, 9.17) is 0 Å². The zero-order valence-corrected chi connectivity index (χ0v) is 19.5. The van der Waals surface area contributed by atoms with Gasteiger partial charge in [-0.15, -0.1) is 11.3 Å². The van der Waals surface area contributed by atoms with Gasteiger partial charge in [-0.1, -0.05) is 43.5 Å². The van der Waals surface area contributed by atoms with Gasteiger partial charge in [0.05, 0.1) is 5.69 Å². The summed E-state index contributed by atoms with van der Waals surface area (Å²) in [6.07, 6.45) is 4.15. The summed E-state index contributed by atoms with van der Waals surface area (Å²) in [5, 5.41) is 7.68. The van der Waals surface area contributed by atoms with E-state index in [1.165, 1.54) is 23.2 Å². The molecular formula is C23H27N5O4S. The monoisotopic (exact) mass is 469 g/mol. The van der Waals surface area contributed by atoms with E-state index in [9.17, 15) is 19.2 Å². The Morgan fingerprint density at radius 3 is 2.48 bits per heavy atom. The van der Waals surface area contributed by atoms with E-state index in [-0.39, 0.29) is 18.4 Å². The molecular weight excluding hydrogens is 442 g/mol. The molecule has 0 bridgehead atoms. The van der Waals surface area contributed by atoms with E-state index in [2.05, 4.69) is 15.6 Å². The van der Waals surface area contributed by atoms with Crippen LogP contribution in [0.4, 0.5) is 9.93 Å². The number of likely N-dealkylation sites (N-methyl/N-ethyl adjacent to an activating group) is 1. The Morgan fingerprint density at radius 1 is 1.12 bits per heavy atom. The Labute approximate surface area is 196 Å². The minimum Gasteiger partial charge on any atom is -0.352 e. The molecule has 1 saturated heterocycles. The third-order valence-corrected chi connectivity index (χ3v) is 7.08. The number of nitrogens with one attached hydrogen (secondary N) is 2. The zero-order chi connectivity index (χ0) is 23.6. The van der Waals surface area contributed by atoms with Gasteiger partial charge in [0.15, 0.2) is 5.13 Å². The number of amides is 5. The number of urea groups is 1. The summed E-state index contributed by atoms with van der Waals surface area (Å²) in [5.74, 6) is -0.814. The lowest BCUT2D eigenvalue weighted by molar-refractivity contribution is -0.136. The first-order valence-corrected chi connectivity index (χ1v) is 11.9. The molecule has 0 atom stereocenters. The molecule has 9 nitrogen and oxygen atoms in total. The molecule has 2 aromatic rings. The highest BCUT2D eigenvalue weighted by Crippen LogP contribution is 2.39. The smallest absolute Gasteiger partial charge is 0.327 e. The van der Waals surface area contributed by atoms with Gasteiger partial charge in [-0.05, 0) is 18.4 Å². The van der Waals surface area contributed by atoms with E-state index in [0.717, 1.165) is 35.3 Å². The fourth-order valence-corrected chi connectivity index (χ4v) is 5.19. The lowest BCUT2D eigenvalue weighted by atomic mass is 9.81. The van der Waals surface area contributed by atoms with Crippen molar-refractivity contribution in [2.45, 2.75) is 51.1 Å². The van der Waals surface area contributed by atoms with Crippen molar-refractivity contribution in [1.82, 2.24) is 20.1 Å². The van der Waals surface area contributed by atoms with Crippen molar-refractivity contribution in [2.24, 2.45) is 0 Å². The van der Waals surface area contributed by atoms with Crippen molar-refractivity contribution in [1.29, 1.82) is 0 Å². The maximum absolute atomic E-state index is 13.0. The predicted molar refractivity (Wildman–Crippen MR) is 124 cm³/mol. The SMILES string of the molecule is CC(=O)NCc1ccc(-c2csc(NC(=O)CN3C(=O)N(C)C4(CCCCC4)C3=O)n2)cc1. The molecule has 10 heteroatoms. The lowest BCUT2D eigenvalue weighted by Gasteiger charge is -2.35. The summed E-state index contributed by atoms with van der Waals surface area (Å²) >= 11 is 1.27. The minimum atomic E-state index is -0.796. The second-order valence-electron chi connectivity index (χ2n) is 8.52. The standard InChI is InChI=1S/C23H27N5O4S/c1-15(29)24-12-16-6-8-17(9-7-16)18-14-33-21(25-18)26-19(30)13-28-20(31)23(27(2)22(28)32)10-4-3-5-11-23/h6-9,14H,3-5,10-13H2,1-2H3,(H,24,29)(H,25,26,30). The molecule has 1 aliphatic heterocycles. The van der Waals surface area contributed by atoms with Gasteiger partial charge in [0.25, 0.3) is 5.91 Å². The van der Waals surface area contributed by atoms with Crippen LogP contribution in [0.1, 0.15) is 44.6 Å². The van der Waals surface area contributed by atoms with E-state index < -0.39 is 17.5 Å². The molecule has 2 aliphatic rings. The van der Waals surface area contributed by atoms with Crippen LogP contribution in [0, 0.1) is 0 Å². The highest BCUT2D eigenvalue weighted by atomic mass is 32.1. The van der Waals surface area contributed by atoms with Gasteiger partial charge in [-0.2, -0.15) is 0 Å². The Morgan fingerprint density at radius 2 is 1.82 bits per heavy atom. The summed E-state index contributed by atoms with van der Waals surface area (Å²) in [6, 6.07) is 7.20. The number of carbonyl (C=O) groups excluding carboxylic acids is 4. The molecule has 1 aromatic carbocycles. The second kappa shape index (κ2) is 9.30. The number of imide groups is 1. The van der Waals surface area contributed by atoms with Gasteiger partial charge in [-0.25, -0.2) is 9.78 Å². The van der Waals surface area contributed by atoms with Crippen LogP contribution in [-0.4, -0.2) is 57.7 Å². The van der Waals surface area contributed by atoms with Gasteiger partial charge in [-0.3, -0.25) is 19.3 Å². The van der Waals surface area contributed by atoms with Crippen molar-refractivity contribution >= 4 is 40.2 Å². The van der Waals surface area contributed by atoms with Crippen LogP contribution in [0.25, 0.3) is 11.3 Å². The van der Waals surface area contributed by atoms with Crippen molar-refractivity contribution < 1.29 is 19.2 Å². The molecule has 1 aromatic heterocycles. The first-order chi connectivity index (χ1) is 15.8. The Bertz CT molecular complexity index is 1070. The normalized spacial score (nSPS) is 17.5. The first kappa shape index (κ1) is 22.9. The van der Waals surface area contributed by atoms with Crippen molar-refractivity contribution in [3.05, 3.63) is 35.2 Å². The number of rotatable bonds is 6. The number of hydrogen-bond donors (Lipinski definition) is 2. The van der Waals surface area contributed by atoms with E-state index >= 15 is 0 Å². The van der Waals surface area contributed by atoms with E-state index in [0.29, 0.717) is 30.2 Å². The van der Waals surface area contributed by atoms with Crippen LogP contribution in [0.5, 0.6) is 0 Å². The summed E-state index contributed by atoms with van der Waals surface area (Å²) in [6.45, 7) is 1.61. The topological polar surface area (TPSA) is 112 Å². The highest BCUT2D eigenvalue weighted by molar-refractivity contribution is 7.14. The summed E-state index contributed by atoms with van der Waals surface area (Å²) in [5.41, 5.74) is 1.76. The largest absolute Gasteiger partial charge is 0.352 e. The van der Waals surface area contributed by atoms with Crippen molar-refractivity contribution in [3.8, 4) is 11.3 Å². The van der Waals surface area contributed by atoms with Crippen molar-refractivity contribution in [3.63, 3.8) is 0 Å². The van der Waals surface area contributed by atoms with Gasteiger partial charge in [0.1, 0.15) is 12.1 Å². The number of thiazole rings is 1. The molecule has 2 fully saturated rings. The van der Waals surface area contributed by atoms with Crippen LogP contribution in [0.15, 0.2) is 29.6 Å². The predicted octanol–water partition coefficient (Wildman–Crippen LogP) is 2.98. The molecule has 33 heavy (non-hydrogen) atoms. The molecule has 0 radical (unpaired) electrons. The van der Waals surface area contributed by atoms with Gasteiger partial charge in [0, 0.05) is 31.5 Å². The van der Waals surface area contributed by atoms with Gasteiger partial charge >= 0.3 is 6.03 Å². The summed E-state index contributed by atoms with van der Waals surface area (Å²) < 4.78 is 0. The van der Waals surface area contributed by atoms with E-state index in [1.807, 2.05) is 29.6 Å². The molecule has 5 amide bonds. The number of nitrogens with zero attached hydrogens (tertiary/aromatic N) is 3. The molecule has 0 unspecified atom stereocenters. The summed E-state index contributed by atoms with van der Waals surface area (Å²) in [4.78, 5) is 56.4. The first-order valence-electron chi connectivity index (χ1n) is 11.0. The van der Waals surface area contributed by atoms with Gasteiger partial charge < -0.3 is 15.5 Å². The average Bonchev–Trinajstić information content (AvgIpc) is 3.33. The molecule has 2 heterocycles. The Hall–Kier alpha value is -3.27. The number of aromatic nitrogens is 1. The van der Waals surface area contributed by atoms with Crippen LogP contribution >= 0.6 is 11.3 Å². The zero-order valence-electron chi connectivity index (χ0n) is 18.7. The van der Waals surface area contributed by atoms with E-state index in [1.54, 1.807) is 7.05 Å². The molecule has 1 spiro atoms. The fraction of sp³-hybridized carbons (Fsp3) is 0.435. The molecule has 174 valence electrons. The highest BCUT2D eigenvalue weighted by Gasteiger charge is 2.55. The average molecular weight is 470 g/mol. The number of benzene rings is 1. The third kappa shape index (κ3) is 4.61. The van der Waals surface area contributed by atoms with Gasteiger partial charge in [0.2, 0.25) is 11.8 Å². The second-order valence-corrected chi connectivity index (χ2v) is 9.38. The maximum Gasteiger partial charge on any atom is 0.327 e. The van der Waals surface area contributed by atoms with Crippen LogP contribution in [0.3, 0.4) is 0 Å². The summed E-state index contributed by atoms with van der Waals surface area (Å²) in [7, 11) is 1.65. The molecule has 4 rings (SSSR count). The minimum absolute atomic E-state index is 0.0863. The van der Waals surface area contributed by atoms with Crippen LogP contribution < -0.4 is 10.6 Å². The fourth-order valence-electron chi connectivity index (χ4n) is 4.46. The third-order valence-electron chi connectivity index (χ3n) is 6.33. The van der Waals surface area contributed by atoms with Crippen LogP contribution in [0.2, 0.25) is 0 Å². The lowest BCUT2D eigenvalue weighted by Crippen LogP contribution is -2.49. The quantitative estimate of drug-likeness (QED) is 0.632. The molecule has 2 N–H and O–H groups in total. The maximum atomic E-state index is 13.0. The molecule has 1 aliphatic carbocycles. The molecule has 1 saturated carbocycles. The number of hydrogen-bond acceptors (Lipinski definition) is 6. The Kier molecular flexibility index (Phi) is 6.46. The number of anilines is 1.